The highest BCUT2D eigenvalue weighted by atomic mass is 35.5. The Morgan fingerprint density at radius 3 is 2.60 bits per heavy atom. The Hall–Kier alpha value is -1.09. The first-order valence-corrected chi connectivity index (χ1v) is 5.43. The topological polar surface area (TPSA) is 43.1 Å². The predicted molar refractivity (Wildman–Crippen MR) is 61.6 cm³/mol. The number of hydrogen-bond acceptors (Lipinski definition) is 2. The molecule has 0 aliphatic heterocycles. The summed E-state index contributed by atoms with van der Waals surface area (Å²) in [7, 11) is 0. The molecule has 0 aliphatic carbocycles. The second-order valence-electron chi connectivity index (χ2n) is 3.70. The summed E-state index contributed by atoms with van der Waals surface area (Å²) in [5.41, 5.74) is 1.97. The van der Waals surface area contributed by atoms with Crippen LogP contribution in [-0.2, 0) is 6.42 Å². The molecule has 0 unspecified atom stereocenters. The standard InChI is InChI=1S/C11H14ClNO2/c1-8(2)9-4-3-5-11(13(14)15)10(9)6-7-12/h3-5,8H,6-7H2,1-2H3. The zero-order chi connectivity index (χ0) is 11.4. The van der Waals surface area contributed by atoms with E-state index in [1.807, 2.05) is 19.9 Å². The molecule has 0 amide bonds. The van der Waals surface area contributed by atoms with Crippen molar-refractivity contribution in [1.82, 2.24) is 0 Å². The molecule has 15 heavy (non-hydrogen) atoms. The highest BCUT2D eigenvalue weighted by molar-refractivity contribution is 6.18. The zero-order valence-electron chi connectivity index (χ0n) is 8.87. The van der Waals surface area contributed by atoms with Crippen LogP contribution in [0.5, 0.6) is 0 Å². The Labute approximate surface area is 94.2 Å². The van der Waals surface area contributed by atoms with E-state index in [1.165, 1.54) is 6.07 Å². The quantitative estimate of drug-likeness (QED) is 0.449. The summed E-state index contributed by atoms with van der Waals surface area (Å²) in [6, 6.07) is 5.19. The largest absolute Gasteiger partial charge is 0.272 e. The highest BCUT2D eigenvalue weighted by Crippen LogP contribution is 2.28. The fraction of sp³-hybridized carbons (Fsp3) is 0.455. The maximum Gasteiger partial charge on any atom is 0.272 e. The van der Waals surface area contributed by atoms with Gasteiger partial charge in [-0.3, -0.25) is 10.1 Å². The van der Waals surface area contributed by atoms with Gasteiger partial charge in [-0.2, -0.15) is 0 Å². The molecule has 1 rings (SSSR count). The van der Waals surface area contributed by atoms with Crippen LogP contribution in [0.3, 0.4) is 0 Å². The number of benzene rings is 1. The average Bonchev–Trinajstić information content (AvgIpc) is 2.17. The van der Waals surface area contributed by atoms with Gasteiger partial charge in [-0.1, -0.05) is 26.0 Å². The van der Waals surface area contributed by atoms with Gasteiger partial charge in [0.25, 0.3) is 5.69 Å². The Morgan fingerprint density at radius 1 is 1.47 bits per heavy atom. The summed E-state index contributed by atoms with van der Waals surface area (Å²) in [5, 5.41) is 10.8. The van der Waals surface area contributed by atoms with E-state index in [-0.39, 0.29) is 16.5 Å². The summed E-state index contributed by atoms with van der Waals surface area (Å²) in [6.45, 7) is 4.05. The third kappa shape index (κ3) is 2.69. The normalized spacial score (nSPS) is 10.7. The van der Waals surface area contributed by atoms with Crippen LogP contribution in [-0.4, -0.2) is 10.8 Å². The third-order valence-corrected chi connectivity index (χ3v) is 2.54. The minimum absolute atomic E-state index is 0.182. The van der Waals surface area contributed by atoms with E-state index in [4.69, 9.17) is 11.6 Å². The van der Waals surface area contributed by atoms with Crippen LogP contribution >= 0.6 is 11.6 Å². The van der Waals surface area contributed by atoms with Crippen molar-refractivity contribution in [3.8, 4) is 0 Å². The van der Waals surface area contributed by atoms with E-state index in [1.54, 1.807) is 6.07 Å². The van der Waals surface area contributed by atoms with E-state index >= 15 is 0 Å². The van der Waals surface area contributed by atoms with Crippen LogP contribution in [0, 0.1) is 10.1 Å². The molecule has 0 atom stereocenters. The molecule has 3 nitrogen and oxygen atoms in total. The van der Waals surface area contributed by atoms with Gasteiger partial charge >= 0.3 is 0 Å². The lowest BCUT2D eigenvalue weighted by atomic mass is 9.94. The van der Waals surface area contributed by atoms with Crippen LogP contribution in [0.4, 0.5) is 5.69 Å². The van der Waals surface area contributed by atoms with Crippen molar-refractivity contribution in [3.63, 3.8) is 0 Å². The Morgan fingerprint density at radius 2 is 2.13 bits per heavy atom. The Bertz CT molecular complexity index is 364. The van der Waals surface area contributed by atoms with E-state index in [9.17, 15) is 10.1 Å². The van der Waals surface area contributed by atoms with E-state index in [0.717, 1.165) is 11.1 Å². The summed E-state index contributed by atoms with van der Waals surface area (Å²) >= 11 is 5.67. The first-order valence-electron chi connectivity index (χ1n) is 4.90. The Kier molecular flexibility index (Phi) is 4.09. The van der Waals surface area contributed by atoms with Gasteiger partial charge in [-0.25, -0.2) is 0 Å². The monoisotopic (exact) mass is 227 g/mol. The number of nitro benzene ring substituents is 1. The SMILES string of the molecule is CC(C)c1cccc([N+](=O)[O-])c1CCCl. The lowest BCUT2D eigenvalue weighted by Crippen LogP contribution is -2.02. The van der Waals surface area contributed by atoms with Crippen LogP contribution in [0.15, 0.2) is 18.2 Å². The molecule has 0 bridgehead atoms. The predicted octanol–water partition coefficient (Wildman–Crippen LogP) is 3.50. The first-order chi connectivity index (χ1) is 7.07. The molecular weight excluding hydrogens is 214 g/mol. The first kappa shape index (κ1) is 12.0. The molecule has 4 heteroatoms. The van der Waals surface area contributed by atoms with Gasteiger partial charge in [0.05, 0.1) is 4.92 Å². The van der Waals surface area contributed by atoms with Crippen LogP contribution in [0.25, 0.3) is 0 Å². The van der Waals surface area contributed by atoms with E-state index in [2.05, 4.69) is 0 Å². The van der Waals surface area contributed by atoms with Gasteiger partial charge in [-0.05, 0) is 17.9 Å². The lowest BCUT2D eigenvalue weighted by Gasteiger charge is -2.11. The Balaban J connectivity index is 3.28. The van der Waals surface area contributed by atoms with Gasteiger partial charge < -0.3 is 0 Å². The number of nitro groups is 1. The molecule has 0 aromatic heterocycles. The number of hydrogen-bond donors (Lipinski definition) is 0. The third-order valence-electron chi connectivity index (χ3n) is 2.35. The van der Waals surface area contributed by atoms with E-state index < -0.39 is 0 Å². The summed E-state index contributed by atoms with van der Waals surface area (Å²) in [5.74, 6) is 0.688. The molecule has 1 aromatic rings. The number of nitrogens with zero attached hydrogens (tertiary/aromatic N) is 1. The molecule has 0 saturated heterocycles. The van der Waals surface area contributed by atoms with Crippen molar-refractivity contribution in [2.75, 3.05) is 5.88 Å². The van der Waals surface area contributed by atoms with Gasteiger partial charge in [0.1, 0.15) is 0 Å². The minimum atomic E-state index is -0.340. The van der Waals surface area contributed by atoms with E-state index in [0.29, 0.717) is 12.3 Å². The van der Waals surface area contributed by atoms with Crippen molar-refractivity contribution in [2.24, 2.45) is 0 Å². The molecule has 0 spiro atoms. The van der Waals surface area contributed by atoms with Crippen molar-refractivity contribution >= 4 is 17.3 Å². The molecule has 0 N–H and O–H groups in total. The lowest BCUT2D eigenvalue weighted by molar-refractivity contribution is -0.385. The molecule has 0 radical (unpaired) electrons. The number of alkyl halides is 1. The van der Waals surface area contributed by atoms with Crippen LogP contribution in [0.1, 0.15) is 30.9 Å². The maximum absolute atomic E-state index is 10.8. The summed E-state index contributed by atoms with van der Waals surface area (Å²) in [6.07, 6.45) is 0.548. The van der Waals surface area contributed by atoms with Crippen molar-refractivity contribution in [3.05, 3.63) is 39.4 Å². The molecule has 0 fully saturated rings. The zero-order valence-corrected chi connectivity index (χ0v) is 9.62. The smallest absolute Gasteiger partial charge is 0.258 e. The van der Waals surface area contributed by atoms with Gasteiger partial charge in [0.15, 0.2) is 0 Å². The molecule has 0 aliphatic rings. The van der Waals surface area contributed by atoms with Gasteiger partial charge in [0, 0.05) is 17.5 Å². The molecular formula is C11H14ClNO2. The maximum atomic E-state index is 10.8. The van der Waals surface area contributed by atoms with Gasteiger partial charge in [-0.15, -0.1) is 11.6 Å². The molecule has 0 saturated carbocycles. The van der Waals surface area contributed by atoms with Crippen LogP contribution in [0.2, 0.25) is 0 Å². The van der Waals surface area contributed by atoms with Crippen LogP contribution < -0.4 is 0 Å². The van der Waals surface area contributed by atoms with Crippen molar-refractivity contribution in [2.45, 2.75) is 26.2 Å². The fourth-order valence-corrected chi connectivity index (χ4v) is 1.86. The minimum Gasteiger partial charge on any atom is -0.258 e. The highest BCUT2D eigenvalue weighted by Gasteiger charge is 2.17. The number of halogens is 1. The fourth-order valence-electron chi connectivity index (χ4n) is 1.67. The summed E-state index contributed by atoms with van der Waals surface area (Å²) < 4.78 is 0. The molecule has 82 valence electrons. The second kappa shape index (κ2) is 5.12. The summed E-state index contributed by atoms with van der Waals surface area (Å²) in [4.78, 5) is 10.5. The number of rotatable bonds is 4. The molecule has 0 heterocycles. The van der Waals surface area contributed by atoms with Crippen molar-refractivity contribution in [1.29, 1.82) is 0 Å². The average molecular weight is 228 g/mol. The second-order valence-corrected chi connectivity index (χ2v) is 4.07. The van der Waals surface area contributed by atoms with Crippen molar-refractivity contribution < 1.29 is 4.92 Å². The van der Waals surface area contributed by atoms with Gasteiger partial charge in [0.2, 0.25) is 0 Å². The molecule has 1 aromatic carbocycles.